The van der Waals surface area contributed by atoms with Gasteiger partial charge in [0.25, 0.3) is 0 Å². The fourth-order valence-corrected chi connectivity index (χ4v) is 2.37. The Bertz CT molecular complexity index is 453. The number of hydrogen-bond donors (Lipinski definition) is 1. The Kier molecular flexibility index (Phi) is 4.02. The summed E-state index contributed by atoms with van der Waals surface area (Å²) in [5.41, 5.74) is 1.49. The number of aromatic nitrogens is 1. The lowest BCUT2D eigenvalue weighted by Gasteiger charge is -2.39. The highest BCUT2D eigenvalue weighted by Gasteiger charge is 2.38. The monoisotopic (exact) mass is 312 g/mol. The van der Waals surface area contributed by atoms with E-state index in [1.54, 1.807) is 13.3 Å². The molecule has 1 N–H and O–H groups in total. The SMILES string of the molecule is COC1(CC(=O)Nc2cnc(Br)c(C)c2)CCC1. The molecule has 2 rings (SSSR count). The van der Waals surface area contributed by atoms with Gasteiger partial charge in [0.2, 0.25) is 5.91 Å². The molecular weight excluding hydrogens is 296 g/mol. The van der Waals surface area contributed by atoms with Crippen molar-refractivity contribution >= 4 is 27.5 Å². The molecule has 4 nitrogen and oxygen atoms in total. The lowest BCUT2D eigenvalue weighted by atomic mass is 9.77. The number of methoxy groups -OCH3 is 1. The number of carbonyl (C=O) groups excluding carboxylic acids is 1. The standard InChI is InChI=1S/C13H17BrN2O2/c1-9-6-10(8-15-12(9)14)16-11(17)7-13(18-2)4-3-5-13/h6,8H,3-5,7H2,1-2H3,(H,16,17). The number of anilines is 1. The van der Waals surface area contributed by atoms with Gasteiger partial charge in [-0.3, -0.25) is 4.79 Å². The second-order valence-electron chi connectivity index (χ2n) is 4.80. The summed E-state index contributed by atoms with van der Waals surface area (Å²) in [7, 11) is 1.68. The highest BCUT2D eigenvalue weighted by Crippen LogP contribution is 2.38. The van der Waals surface area contributed by atoms with Crippen LogP contribution in [0.4, 0.5) is 5.69 Å². The number of aryl methyl sites for hydroxylation is 1. The van der Waals surface area contributed by atoms with Gasteiger partial charge in [-0.05, 0) is 53.7 Å². The van der Waals surface area contributed by atoms with Gasteiger partial charge in [0.15, 0.2) is 0 Å². The van der Waals surface area contributed by atoms with Crippen molar-refractivity contribution in [3.63, 3.8) is 0 Å². The first kappa shape index (κ1) is 13.5. The second-order valence-corrected chi connectivity index (χ2v) is 5.55. The number of carbonyl (C=O) groups is 1. The van der Waals surface area contributed by atoms with Crippen molar-refractivity contribution in [2.24, 2.45) is 0 Å². The minimum atomic E-state index is -0.234. The summed E-state index contributed by atoms with van der Waals surface area (Å²) in [4.78, 5) is 16.1. The van der Waals surface area contributed by atoms with Crippen LogP contribution >= 0.6 is 15.9 Å². The van der Waals surface area contributed by atoms with E-state index in [0.717, 1.165) is 35.1 Å². The van der Waals surface area contributed by atoms with Gasteiger partial charge in [-0.25, -0.2) is 4.98 Å². The summed E-state index contributed by atoms with van der Waals surface area (Å²) in [6, 6.07) is 1.90. The molecule has 0 aliphatic heterocycles. The third kappa shape index (κ3) is 2.90. The van der Waals surface area contributed by atoms with Crippen LogP contribution in [0, 0.1) is 6.92 Å². The number of hydrogen-bond acceptors (Lipinski definition) is 3. The van der Waals surface area contributed by atoms with E-state index >= 15 is 0 Å². The van der Waals surface area contributed by atoms with Crippen molar-refractivity contribution in [3.05, 3.63) is 22.4 Å². The van der Waals surface area contributed by atoms with Crippen LogP contribution in [0.5, 0.6) is 0 Å². The van der Waals surface area contributed by atoms with Gasteiger partial charge >= 0.3 is 0 Å². The topological polar surface area (TPSA) is 51.2 Å². The molecular formula is C13H17BrN2O2. The Balaban J connectivity index is 1.96. The molecule has 1 aliphatic carbocycles. The van der Waals surface area contributed by atoms with Crippen molar-refractivity contribution in [1.29, 1.82) is 0 Å². The molecule has 0 spiro atoms. The van der Waals surface area contributed by atoms with E-state index in [0.29, 0.717) is 6.42 Å². The second kappa shape index (κ2) is 5.36. The molecule has 1 amide bonds. The molecule has 18 heavy (non-hydrogen) atoms. The Labute approximate surface area is 115 Å². The lowest BCUT2D eigenvalue weighted by Crippen LogP contribution is -2.42. The number of rotatable bonds is 4. The molecule has 1 aliphatic rings. The first-order chi connectivity index (χ1) is 8.54. The number of nitrogens with one attached hydrogen (secondary N) is 1. The van der Waals surface area contributed by atoms with E-state index in [1.807, 2.05) is 13.0 Å². The van der Waals surface area contributed by atoms with E-state index in [2.05, 4.69) is 26.2 Å². The smallest absolute Gasteiger partial charge is 0.227 e. The zero-order valence-electron chi connectivity index (χ0n) is 10.6. The quantitative estimate of drug-likeness (QED) is 0.869. The molecule has 0 radical (unpaired) electrons. The highest BCUT2D eigenvalue weighted by molar-refractivity contribution is 9.10. The molecule has 5 heteroatoms. The van der Waals surface area contributed by atoms with E-state index in [-0.39, 0.29) is 11.5 Å². The number of halogens is 1. The van der Waals surface area contributed by atoms with Gasteiger partial charge in [-0.15, -0.1) is 0 Å². The van der Waals surface area contributed by atoms with E-state index < -0.39 is 0 Å². The first-order valence-corrected chi connectivity index (χ1v) is 6.81. The molecule has 98 valence electrons. The molecule has 0 unspecified atom stereocenters. The van der Waals surface area contributed by atoms with Crippen LogP contribution in [-0.4, -0.2) is 23.6 Å². The summed E-state index contributed by atoms with van der Waals surface area (Å²) in [6.45, 7) is 1.94. The third-order valence-electron chi connectivity index (χ3n) is 3.48. The van der Waals surface area contributed by atoms with Crippen LogP contribution in [-0.2, 0) is 9.53 Å². The molecule has 0 saturated heterocycles. The minimum absolute atomic E-state index is 0.0138. The van der Waals surface area contributed by atoms with Gasteiger partial charge in [0.05, 0.1) is 23.9 Å². The average Bonchev–Trinajstić information content (AvgIpc) is 2.29. The maximum atomic E-state index is 11.9. The number of nitrogens with zero attached hydrogens (tertiary/aromatic N) is 1. The molecule has 1 fully saturated rings. The Hall–Kier alpha value is -0.940. The summed E-state index contributed by atoms with van der Waals surface area (Å²) in [5, 5.41) is 2.87. The van der Waals surface area contributed by atoms with Crippen LogP contribution in [0.25, 0.3) is 0 Å². The fourth-order valence-electron chi connectivity index (χ4n) is 2.15. The molecule has 1 aromatic rings. The predicted octanol–water partition coefficient (Wildman–Crippen LogP) is 3.05. The maximum Gasteiger partial charge on any atom is 0.227 e. The molecule has 1 saturated carbocycles. The summed E-state index contributed by atoms with van der Waals surface area (Å²) >= 11 is 3.33. The molecule has 0 bridgehead atoms. The van der Waals surface area contributed by atoms with Crippen molar-refractivity contribution < 1.29 is 9.53 Å². The Morgan fingerprint density at radius 1 is 1.61 bits per heavy atom. The molecule has 0 aromatic carbocycles. The zero-order chi connectivity index (χ0) is 13.2. The van der Waals surface area contributed by atoms with E-state index in [9.17, 15) is 4.79 Å². The normalized spacial score (nSPS) is 17.1. The predicted molar refractivity (Wildman–Crippen MR) is 73.5 cm³/mol. The van der Waals surface area contributed by atoms with Gasteiger partial charge < -0.3 is 10.1 Å². The summed E-state index contributed by atoms with van der Waals surface area (Å²) in [5.74, 6) is -0.0138. The highest BCUT2D eigenvalue weighted by atomic mass is 79.9. The van der Waals surface area contributed by atoms with Crippen LogP contribution in [0.1, 0.15) is 31.2 Å². The van der Waals surface area contributed by atoms with E-state index in [1.165, 1.54) is 0 Å². The van der Waals surface area contributed by atoms with Gasteiger partial charge in [0, 0.05) is 7.11 Å². The van der Waals surface area contributed by atoms with Gasteiger partial charge in [0.1, 0.15) is 4.60 Å². The minimum Gasteiger partial charge on any atom is -0.378 e. The van der Waals surface area contributed by atoms with Crippen LogP contribution in [0.2, 0.25) is 0 Å². The van der Waals surface area contributed by atoms with Crippen LogP contribution in [0.15, 0.2) is 16.9 Å². The average molecular weight is 313 g/mol. The van der Waals surface area contributed by atoms with Crippen molar-refractivity contribution in [2.45, 2.75) is 38.2 Å². The number of pyridine rings is 1. The largest absolute Gasteiger partial charge is 0.378 e. The number of ether oxygens (including phenoxy) is 1. The van der Waals surface area contributed by atoms with Crippen molar-refractivity contribution in [2.75, 3.05) is 12.4 Å². The zero-order valence-corrected chi connectivity index (χ0v) is 12.2. The Morgan fingerprint density at radius 3 is 2.83 bits per heavy atom. The Morgan fingerprint density at radius 2 is 2.33 bits per heavy atom. The molecule has 1 heterocycles. The van der Waals surface area contributed by atoms with Gasteiger partial charge in [-0.1, -0.05) is 0 Å². The van der Waals surface area contributed by atoms with Crippen LogP contribution in [0.3, 0.4) is 0 Å². The van der Waals surface area contributed by atoms with Crippen molar-refractivity contribution in [3.8, 4) is 0 Å². The van der Waals surface area contributed by atoms with Crippen LogP contribution < -0.4 is 5.32 Å². The van der Waals surface area contributed by atoms with E-state index in [4.69, 9.17) is 4.74 Å². The fraction of sp³-hybridized carbons (Fsp3) is 0.538. The lowest BCUT2D eigenvalue weighted by molar-refractivity contribution is -0.129. The molecule has 1 aromatic heterocycles. The first-order valence-electron chi connectivity index (χ1n) is 6.02. The summed E-state index contributed by atoms with van der Waals surface area (Å²) in [6.07, 6.45) is 5.14. The maximum absolute atomic E-state index is 11.9. The van der Waals surface area contributed by atoms with Crippen molar-refractivity contribution in [1.82, 2.24) is 4.98 Å². The van der Waals surface area contributed by atoms with Gasteiger partial charge in [-0.2, -0.15) is 0 Å². The molecule has 0 atom stereocenters. The number of amides is 1. The summed E-state index contributed by atoms with van der Waals surface area (Å²) < 4.78 is 6.24. The third-order valence-corrected chi connectivity index (χ3v) is 4.31.